The van der Waals surface area contributed by atoms with Crippen molar-refractivity contribution in [3.05, 3.63) is 18.1 Å². The number of carbonyl (C=O) groups excluding carboxylic acids is 1. The van der Waals surface area contributed by atoms with E-state index < -0.39 is 0 Å². The average Bonchev–Trinajstić information content (AvgIpc) is 3.19. The van der Waals surface area contributed by atoms with Gasteiger partial charge in [0.2, 0.25) is 0 Å². The normalized spacial score (nSPS) is 14.3. The first kappa shape index (κ1) is 12.8. The van der Waals surface area contributed by atoms with Crippen LogP contribution in [-0.2, 0) is 0 Å². The number of carbonyl (C=O) groups is 1. The molecular formula is C13H20N4O. The van der Waals surface area contributed by atoms with Crippen molar-refractivity contribution >= 4 is 11.7 Å². The molecule has 5 nitrogen and oxygen atoms in total. The molecule has 1 aromatic rings. The Kier molecular flexibility index (Phi) is 4.12. The first-order chi connectivity index (χ1) is 8.70. The molecule has 18 heavy (non-hydrogen) atoms. The predicted octanol–water partition coefficient (Wildman–Crippen LogP) is 1.78. The first-order valence-electron chi connectivity index (χ1n) is 6.52. The summed E-state index contributed by atoms with van der Waals surface area (Å²) in [6, 6.07) is 0. The van der Waals surface area contributed by atoms with Crippen LogP contribution in [-0.4, -0.2) is 40.9 Å². The predicted molar refractivity (Wildman–Crippen MR) is 70.5 cm³/mol. The molecule has 2 rings (SSSR count). The van der Waals surface area contributed by atoms with Crippen LogP contribution in [0.15, 0.2) is 12.4 Å². The third-order valence-electron chi connectivity index (χ3n) is 2.99. The van der Waals surface area contributed by atoms with Crippen molar-refractivity contribution in [3.63, 3.8) is 0 Å². The summed E-state index contributed by atoms with van der Waals surface area (Å²) < 4.78 is 0. The number of anilines is 1. The third-order valence-corrected chi connectivity index (χ3v) is 2.99. The standard InChI is InChI=1S/C13H20N4O/c1-3-6-15-12-8-14-7-11(16-12)13(18)17(2)9-10-4-5-10/h7-8,10H,3-6,9H2,1-2H3,(H,15,16). The highest BCUT2D eigenvalue weighted by molar-refractivity contribution is 5.92. The van der Waals surface area contributed by atoms with Crippen molar-refractivity contribution in [2.45, 2.75) is 26.2 Å². The van der Waals surface area contributed by atoms with Gasteiger partial charge < -0.3 is 10.2 Å². The van der Waals surface area contributed by atoms with E-state index in [1.54, 1.807) is 11.1 Å². The number of hydrogen-bond acceptors (Lipinski definition) is 4. The van der Waals surface area contributed by atoms with Gasteiger partial charge in [0.25, 0.3) is 5.91 Å². The number of hydrogen-bond donors (Lipinski definition) is 1. The summed E-state index contributed by atoms with van der Waals surface area (Å²) in [6.45, 7) is 3.75. The smallest absolute Gasteiger partial charge is 0.273 e. The molecule has 0 unspecified atom stereocenters. The highest BCUT2D eigenvalue weighted by Crippen LogP contribution is 2.29. The quantitative estimate of drug-likeness (QED) is 0.833. The Bertz CT molecular complexity index is 417. The van der Waals surface area contributed by atoms with Crippen LogP contribution in [0.25, 0.3) is 0 Å². The number of rotatable bonds is 6. The molecule has 1 aliphatic rings. The summed E-state index contributed by atoms with van der Waals surface area (Å²) >= 11 is 0. The SMILES string of the molecule is CCCNc1cncc(C(=O)N(C)CC2CC2)n1. The lowest BCUT2D eigenvalue weighted by Crippen LogP contribution is -2.29. The van der Waals surface area contributed by atoms with E-state index in [4.69, 9.17) is 0 Å². The molecule has 98 valence electrons. The van der Waals surface area contributed by atoms with Crippen LogP contribution in [0.1, 0.15) is 36.7 Å². The van der Waals surface area contributed by atoms with Crippen molar-refractivity contribution < 1.29 is 4.79 Å². The summed E-state index contributed by atoms with van der Waals surface area (Å²) in [5, 5.41) is 3.14. The second kappa shape index (κ2) is 5.80. The minimum atomic E-state index is -0.0467. The molecule has 1 aromatic heterocycles. The van der Waals surface area contributed by atoms with Gasteiger partial charge in [-0.1, -0.05) is 6.92 Å². The fraction of sp³-hybridized carbons (Fsp3) is 0.615. The molecule has 5 heteroatoms. The summed E-state index contributed by atoms with van der Waals surface area (Å²) in [4.78, 5) is 22.2. The van der Waals surface area contributed by atoms with E-state index in [0.717, 1.165) is 19.5 Å². The minimum absolute atomic E-state index is 0.0467. The molecule has 0 aromatic carbocycles. The van der Waals surface area contributed by atoms with Crippen LogP contribution >= 0.6 is 0 Å². The zero-order valence-electron chi connectivity index (χ0n) is 11.0. The Balaban J connectivity index is 1.99. The minimum Gasteiger partial charge on any atom is -0.369 e. The zero-order valence-corrected chi connectivity index (χ0v) is 11.0. The molecule has 0 spiro atoms. The maximum Gasteiger partial charge on any atom is 0.273 e. The molecular weight excluding hydrogens is 228 g/mol. The summed E-state index contributed by atoms with van der Waals surface area (Å²) in [5.74, 6) is 1.31. The van der Waals surface area contributed by atoms with Crippen molar-refractivity contribution in [3.8, 4) is 0 Å². The second-order valence-corrected chi connectivity index (χ2v) is 4.85. The Morgan fingerprint density at radius 2 is 2.28 bits per heavy atom. The van der Waals surface area contributed by atoms with Gasteiger partial charge in [0.1, 0.15) is 11.5 Å². The van der Waals surface area contributed by atoms with Gasteiger partial charge in [-0.3, -0.25) is 9.78 Å². The lowest BCUT2D eigenvalue weighted by Gasteiger charge is -2.16. The Morgan fingerprint density at radius 3 is 2.94 bits per heavy atom. The van der Waals surface area contributed by atoms with Gasteiger partial charge in [-0.2, -0.15) is 0 Å². The van der Waals surface area contributed by atoms with E-state index >= 15 is 0 Å². The van der Waals surface area contributed by atoms with Gasteiger partial charge in [0.05, 0.1) is 12.4 Å². The van der Waals surface area contributed by atoms with E-state index in [9.17, 15) is 4.79 Å². The number of aromatic nitrogens is 2. The molecule has 0 bridgehead atoms. The lowest BCUT2D eigenvalue weighted by molar-refractivity contribution is 0.0782. The molecule has 0 saturated heterocycles. The van der Waals surface area contributed by atoms with Crippen LogP contribution in [0.3, 0.4) is 0 Å². The molecule has 0 atom stereocenters. The van der Waals surface area contributed by atoms with Crippen molar-refractivity contribution in [2.75, 3.05) is 25.5 Å². The Morgan fingerprint density at radius 1 is 1.50 bits per heavy atom. The topological polar surface area (TPSA) is 58.1 Å². The van der Waals surface area contributed by atoms with Gasteiger partial charge in [0.15, 0.2) is 0 Å². The van der Waals surface area contributed by atoms with E-state index in [1.807, 2.05) is 7.05 Å². The van der Waals surface area contributed by atoms with Crippen molar-refractivity contribution in [1.82, 2.24) is 14.9 Å². The molecule has 1 fully saturated rings. The summed E-state index contributed by atoms with van der Waals surface area (Å²) in [5.41, 5.74) is 0.416. The maximum absolute atomic E-state index is 12.1. The summed E-state index contributed by atoms with van der Waals surface area (Å²) in [6.07, 6.45) is 6.67. The van der Waals surface area contributed by atoms with Gasteiger partial charge in [-0.25, -0.2) is 4.98 Å². The number of amides is 1. The van der Waals surface area contributed by atoms with Crippen LogP contribution < -0.4 is 5.32 Å². The van der Waals surface area contributed by atoms with E-state index in [-0.39, 0.29) is 5.91 Å². The highest BCUT2D eigenvalue weighted by Gasteiger charge is 2.25. The van der Waals surface area contributed by atoms with Crippen LogP contribution in [0.4, 0.5) is 5.82 Å². The van der Waals surface area contributed by atoms with Gasteiger partial charge in [0, 0.05) is 20.1 Å². The average molecular weight is 248 g/mol. The van der Waals surface area contributed by atoms with E-state index in [2.05, 4.69) is 22.2 Å². The largest absolute Gasteiger partial charge is 0.369 e. The van der Waals surface area contributed by atoms with Gasteiger partial charge in [-0.15, -0.1) is 0 Å². The molecule has 1 amide bonds. The summed E-state index contributed by atoms with van der Waals surface area (Å²) in [7, 11) is 1.83. The third kappa shape index (κ3) is 3.42. The Labute approximate surface area is 108 Å². The van der Waals surface area contributed by atoms with Crippen molar-refractivity contribution in [2.24, 2.45) is 5.92 Å². The second-order valence-electron chi connectivity index (χ2n) is 4.85. The molecule has 0 aliphatic heterocycles. The molecule has 1 N–H and O–H groups in total. The van der Waals surface area contributed by atoms with Gasteiger partial charge >= 0.3 is 0 Å². The number of nitrogens with zero attached hydrogens (tertiary/aromatic N) is 3. The molecule has 1 heterocycles. The molecule has 1 aliphatic carbocycles. The Hall–Kier alpha value is -1.65. The van der Waals surface area contributed by atoms with E-state index in [0.29, 0.717) is 17.4 Å². The van der Waals surface area contributed by atoms with Crippen LogP contribution in [0, 0.1) is 5.92 Å². The monoisotopic (exact) mass is 248 g/mol. The van der Waals surface area contributed by atoms with Crippen molar-refractivity contribution in [1.29, 1.82) is 0 Å². The molecule has 0 radical (unpaired) electrons. The fourth-order valence-corrected chi connectivity index (χ4v) is 1.77. The maximum atomic E-state index is 12.1. The highest BCUT2D eigenvalue weighted by atomic mass is 16.2. The van der Waals surface area contributed by atoms with Crippen LogP contribution in [0.5, 0.6) is 0 Å². The lowest BCUT2D eigenvalue weighted by atomic mass is 10.3. The number of nitrogens with one attached hydrogen (secondary N) is 1. The van der Waals surface area contributed by atoms with E-state index in [1.165, 1.54) is 19.0 Å². The fourth-order valence-electron chi connectivity index (χ4n) is 1.77. The molecule has 1 saturated carbocycles. The first-order valence-corrected chi connectivity index (χ1v) is 6.52. The van der Waals surface area contributed by atoms with Crippen LogP contribution in [0.2, 0.25) is 0 Å². The zero-order chi connectivity index (χ0) is 13.0. The van der Waals surface area contributed by atoms with Gasteiger partial charge in [-0.05, 0) is 25.2 Å².